The second-order valence-electron chi connectivity index (χ2n) is 3.30. The second kappa shape index (κ2) is 6.24. The zero-order chi connectivity index (χ0) is 12.8. The van der Waals surface area contributed by atoms with Crippen molar-refractivity contribution in [2.24, 2.45) is 0 Å². The van der Waals surface area contributed by atoms with Crippen molar-refractivity contribution in [1.29, 1.82) is 0 Å². The number of amides is 1. The quantitative estimate of drug-likeness (QED) is 0.753. The minimum atomic E-state index is -1.46. The third-order valence-corrected chi connectivity index (χ3v) is 3.45. The predicted octanol–water partition coefficient (Wildman–Crippen LogP) is 0.521. The van der Waals surface area contributed by atoms with E-state index in [1.54, 1.807) is 18.2 Å². The molecular formula is C11H16N2O3S. The van der Waals surface area contributed by atoms with Crippen LogP contribution in [0.2, 0.25) is 0 Å². The van der Waals surface area contributed by atoms with Gasteiger partial charge in [-0.15, -0.1) is 0 Å². The molecule has 0 fully saturated rings. The number of nitrogen functional groups attached to an aromatic ring is 1. The first kappa shape index (κ1) is 13.5. The van der Waals surface area contributed by atoms with Crippen LogP contribution in [0.1, 0.15) is 6.92 Å². The van der Waals surface area contributed by atoms with Crippen molar-refractivity contribution in [3.8, 4) is 5.75 Å². The third-order valence-electron chi connectivity index (χ3n) is 2.08. The molecule has 1 amide bonds. The lowest BCUT2D eigenvalue weighted by Crippen LogP contribution is -2.24. The van der Waals surface area contributed by atoms with E-state index in [2.05, 4.69) is 5.32 Å². The van der Waals surface area contributed by atoms with Crippen LogP contribution in [-0.4, -0.2) is 29.5 Å². The van der Waals surface area contributed by atoms with Crippen LogP contribution < -0.4 is 15.8 Å². The van der Waals surface area contributed by atoms with Crippen molar-refractivity contribution >= 4 is 22.4 Å². The molecule has 0 spiro atoms. The Labute approximate surface area is 103 Å². The predicted molar refractivity (Wildman–Crippen MR) is 67.4 cm³/mol. The number of anilines is 1. The van der Waals surface area contributed by atoms with E-state index in [0.29, 0.717) is 22.9 Å². The Morgan fingerprint density at radius 2 is 2.24 bits per heavy atom. The Bertz CT molecular complexity index is 435. The SMILES string of the molecule is CCOc1ccc(N)c(S(=O)CC(=O)NC)c1. The van der Waals surface area contributed by atoms with E-state index >= 15 is 0 Å². The summed E-state index contributed by atoms with van der Waals surface area (Å²) in [4.78, 5) is 11.6. The van der Waals surface area contributed by atoms with Gasteiger partial charge in [-0.1, -0.05) is 0 Å². The molecule has 0 aliphatic heterocycles. The summed E-state index contributed by atoms with van der Waals surface area (Å²) in [7, 11) is 0.0437. The number of rotatable bonds is 5. The van der Waals surface area contributed by atoms with E-state index in [1.165, 1.54) is 7.05 Å². The number of benzene rings is 1. The zero-order valence-electron chi connectivity index (χ0n) is 9.86. The van der Waals surface area contributed by atoms with Gasteiger partial charge in [0.1, 0.15) is 11.5 Å². The Kier molecular flexibility index (Phi) is 4.96. The molecular weight excluding hydrogens is 240 g/mol. The fourth-order valence-corrected chi connectivity index (χ4v) is 2.35. The van der Waals surface area contributed by atoms with Gasteiger partial charge in [-0.05, 0) is 25.1 Å². The van der Waals surface area contributed by atoms with Crippen LogP contribution in [0.3, 0.4) is 0 Å². The van der Waals surface area contributed by atoms with Gasteiger partial charge in [0, 0.05) is 12.7 Å². The molecule has 1 rings (SSSR count). The molecule has 0 saturated carbocycles. The van der Waals surface area contributed by atoms with Crippen LogP contribution in [0.5, 0.6) is 5.75 Å². The maximum Gasteiger partial charge on any atom is 0.232 e. The van der Waals surface area contributed by atoms with Gasteiger partial charge >= 0.3 is 0 Å². The topological polar surface area (TPSA) is 81.4 Å². The molecule has 6 heteroatoms. The molecule has 0 bridgehead atoms. The molecule has 0 aromatic heterocycles. The molecule has 0 aliphatic rings. The summed E-state index contributed by atoms with van der Waals surface area (Å²) in [5, 5.41) is 2.42. The largest absolute Gasteiger partial charge is 0.494 e. The zero-order valence-corrected chi connectivity index (χ0v) is 10.7. The van der Waals surface area contributed by atoms with E-state index in [-0.39, 0.29) is 11.7 Å². The summed E-state index contributed by atoms with van der Waals surface area (Å²) in [5.41, 5.74) is 6.12. The van der Waals surface area contributed by atoms with Crippen LogP contribution in [0.15, 0.2) is 23.1 Å². The second-order valence-corrected chi connectivity index (χ2v) is 4.72. The average molecular weight is 256 g/mol. The first-order valence-corrected chi connectivity index (χ1v) is 6.51. The molecule has 3 N–H and O–H groups in total. The van der Waals surface area contributed by atoms with Gasteiger partial charge in [0.2, 0.25) is 5.91 Å². The average Bonchev–Trinajstić information content (AvgIpc) is 2.31. The lowest BCUT2D eigenvalue weighted by Gasteiger charge is -2.08. The van der Waals surface area contributed by atoms with Crippen LogP contribution in [0.4, 0.5) is 5.69 Å². The minimum absolute atomic E-state index is 0.101. The van der Waals surface area contributed by atoms with Crippen LogP contribution in [-0.2, 0) is 15.6 Å². The van der Waals surface area contributed by atoms with E-state index in [4.69, 9.17) is 10.5 Å². The molecule has 94 valence electrons. The van der Waals surface area contributed by atoms with Crippen molar-refractivity contribution in [2.75, 3.05) is 25.1 Å². The van der Waals surface area contributed by atoms with Gasteiger partial charge in [0.25, 0.3) is 0 Å². The van der Waals surface area contributed by atoms with Crippen LogP contribution >= 0.6 is 0 Å². The fraction of sp³-hybridized carbons (Fsp3) is 0.364. The van der Waals surface area contributed by atoms with E-state index in [0.717, 1.165) is 0 Å². The number of carbonyl (C=O) groups is 1. The van der Waals surface area contributed by atoms with E-state index in [1.807, 2.05) is 6.92 Å². The molecule has 5 nitrogen and oxygen atoms in total. The standard InChI is InChI=1S/C11H16N2O3S/c1-3-16-8-4-5-9(12)10(6-8)17(15)7-11(14)13-2/h4-6H,3,7,12H2,1-2H3,(H,13,14). The van der Waals surface area contributed by atoms with Gasteiger partial charge in [-0.25, -0.2) is 0 Å². The number of carbonyl (C=O) groups excluding carboxylic acids is 1. The molecule has 1 unspecified atom stereocenters. The fourth-order valence-electron chi connectivity index (χ4n) is 1.24. The Morgan fingerprint density at radius 1 is 1.53 bits per heavy atom. The summed E-state index contributed by atoms with van der Waals surface area (Å²) in [6, 6.07) is 4.94. The molecule has 1 aromatic rings. The van der Waals surface area contributed by atoms with Crippen LogP contribution in [0.25, 0.3) is 0 Å². The summed E-state index contributed by atoms with van der Waals surface area (Å²) in [6.07, 6.45) is 0. The van der Waals surface area contributed by atoms with Crippen molar-refractivity contribution in [1.82, 2.24) is 5.32 Å². The number of nitrogens with two attached hydrogens (primary N) is 1. The third kappa shape index (κ3) is 3.74. The maximum absolute atomic E-state index is 11.9. The summed E-state index contributed by atoms with van der Waals surface area (Å²) < 4.78 is 17.2. The molecule has 0 radical (unpaired) electrons. The minimum Gasteiger partial charge on any atom is -0.494 e. The normalized spacial score (nSPS) is 11.9. The van der Waals surface area contributed by atoms with Gasteiger partial charge in [0.05, 0.1) is 22.3 Å². The van der Waals surface area contributed by atoms with E-state index < -0.39 is 10.8 Å². The van der Waals surface area contributed by atoms with Crippen molar-refractivity contribution in [2.45, 2.75) is 11.8 Å². The first-order valence-electron chi connectivity index (χ1n) is 5.19. The summed E-state index contributed by atoms with van der Waals surface area (Å²) in [6.45, 7) is 2.38. The van der Waals surface area contributed by atoms with Crippen molar-refractivity contribution < 1.29 is 13.7 Å². The lowest BCUT2D eigenvalue weighted by molar-refractivity contribution is -0.118. The summed E-state index contributed by atoms with van der Waals surface area (Å²) in [5.74, 6) is 0.211. The molecule has 1 aromatic carbocycles. The molecule has 17 heavy (non-hydrogen) atoms. The van der Waals surface area contributed by atoms with Gasteiger partial charge in [0.15, 0.2) is 0 Å². The first-order chi connectivity index (χ1) is 8.08. The highest BCUT2D eigenvalue weighted by Crippen LogP contribution is 2.23. The Hall–Kier alpha value is -1.56. The smallest absolute Gasteiger partial charge is 0.232 e. The van der Waals surface area contributed by atoms with Gasteiger partial charge in [-0.3, -0.25) is 9.00 Å². The maximum atomic E-state index is 11.9. The number of hydrogen-bond donors (Lipinski definition) is 2. The van der Waals surface area contributed by atoms with Crippen molar-refractivity contribution in [3.05, 3.63) is 18.2 Å². The highest BCUT2D eigenvalue weighted by atomic mass is 32.2. The highest BCUT2D eigenvalue weighted by molar-refractivity contribution is 7.86. The Balaban J connectivity index is 2.91. The molecule has 0 heterocycles. The number of ether oxygens (including phenoxy) is 1. The Morgan fingerprint density at radius 3 is 2.82 bits per heavy atom. The highest BCUT2D eigenvalue weighted by Gasteiger charge is 2.13. The van der Waals surface area contributed by atoms with Gasteiger partial charge in [-0.2, -0.15) is 0 Å². The molecule has 0 aliphatic carbocycles. The number of hydrogen-bond acceptors (Lipinski definition) is 4. The van der Waals surface area contributed by atoms with Gasteiger partial charge < -0.3 is 15.8 Å². The monoisotopic (exact) mass is 256 g/mol. The number of nitrogens with one attached hydrogen (secondary N) is 1. The van der Waals surface area contributed by atoms with Crippen molar-refractivity contribution in [3.63, 3.8) is 0 Å². The lowest BCUT2D eigenvalue weighted by atomic mass is 10.3. The molecule has 1 atom stereocenters. The van der Waals surface area contributed by atoms with E-state index in [9.17, 15) is 9.00 Å². The van der Waals surface area contributed by atoms with Crippen LogP contribution in [0, 0.1) is 0 Å². The molecule has 0 saturated heterocycles. The summed E-state index contributed by atoms with van der Waals surface area (Å²) >= 11 is 0.